The molecule has 0 aliphatic carbocycles. The van der Waals surface area contributed by atoms with E-state index in [0.29, 0.717) is 5.69 Å². The average molecular weight is 306 g/mol. The summed E-state index contributed by atoms with van der Waals surface area (Å²) in [7, 11) is 3.94. The number of carbonyl (C=O) groups is 2. The van der Waals surface area contributed by atoms with Crippen LogP contribution >= 0.6 is 0 Å². The van der Waals surface area contributed by atoms with E-state index in [1.54, 1.807) is 20.8 Å². The predicted octanol–water partition coefficient (Wildman–Crippen LogP) is 2.74. The van der Waals surface area contributed by atoms with Gasteiger partial charge in [-0.3, -0.25) is 9.59 Å². The number of nitrogens with one attached hydrogen (secondary N) is 1. The van der Waals surface area contributed by atoms with Gasteiger partial charge in [0, 0.05) is 12.2 Å². The number of benzene rings is 1. The Labute approximate surface area is 132 Å². The van der Waals surface area contributed by atoms with Crippen LogP contribution in [0.1, 0.15) is 31.9 Å². The second kappa shape index (κ2) is 6.92. The van der Waals surface area contributed by atoms with Crippen LogP contribution in [0.4, 0.5) is 5.69 Å². The van der Waals surface area contributed by atoms with Crippen LogP contribution in [0.2, 0.25) is 0 Å². The summed E-state index contributed by atoms with van der Waals surface area (Å²) in [4.78, 5) is 25.8. The molecule has 0 radical (unpaired) electrons. The van der Waals surface area contributed by atoms with Crippen molar-refractivity contribution in [3.8, 4) is 0 Å². The fourth-order valence-corrected chi connectivity index (χ4v) is 2.35. The highest BCUT2D eigenvalue weighted by Gasteiger charge is 2.37. The van der Waals surface area contributed by atoms with E-state index in [2.05, 4.69) is 5.32 Å². The highest BCUT2D eigenvalue weighted by Crippen LogP contribution is 2.28. The molecule has 2 N–H and O–H groups in total. The van der Waals surface area contributed by atoms with Gasteiger partial charge in [-0.05, 0) is 43.6 Å². The number of carboxylic acid groups (broad SMARTS) is 1. The molecule has 0 fully saturated rings. The molecule has 5 heteroatoms. The Balaban J connectivity index is 3.02. The van der Waals surface area contributed by atoms with Crippen molar-refractivity contribution in [2.75, 3.05) is 19.4 Å². The zero-order chi connectivity index (χ0) is 17.1. The molecule has 0 bridgehead atoms. The van der Waals surface area contributed by atoms with E-state index in [4.69, 9.17) is 0 Å². The molecule has 1 atom stereocenters. The minimum absolute atomic E-state index is 0.481. The Kier molecular flexibility index (Phi) is 5.72. The van der Waals surface area contributed by atoms with Gasteiger partial charge in [0.05, 0.1) is 0 Å². The molecule has 0 heterocycles. The normalized spacial score (nSPS) is 13.0. The van der Waals surface area contributed by atoms with Gasteiger partial charge in [-0.25, -0.2) is 0 Å². The van der Waals surface area contributed by atoms with Crippen LogP contribution in [-0.4, -0.2) is 36.0 Å². The first-order valence-electron chi connectivity index (χ1n) is 7.30. The highest BCUT2D eigenvalue weighted by atomic mass is 16.4. The Morgan fingerprint density at radius 2 is 1.86 bits per heavy atom. The highest BCUT2D eigenvalue weighted by molar-refractivity contribution is 6.05. The van der Waals surface area contributed by atoms with E-state index in [1.807, 2.05) is 44.1 Å². The maximum Gasteiger partial charge on any atom is 0.316 e. The largest absolute Gasteiger partial charge is 0.481 e. The van der Waals surface area contributed by atoms with Crippen molar-refractivity contribution in [3.63, 3.8) is 0 Å². The number of nitrogens with zero attached hydrogens (tertiary/aromatic N) is 1. The molecular weight excluding hydrogens is 280 g/mol. The summed E-state index contributed by atoms with van der Waals surface area (Å²) in [5.74, 6) is -2.68. The molecule has 1 rings (SSSR count). The molecule has 5 nitrogen and oxygen atoms in total. The number of anilines is 1. The van der Waals surface area contributed by atoms with E-state index >= 15 is 0 Å². The number of hydrogen-bond acceptors (Lipinski definition) is 3. The van der Waals surface area contributed by atoms with E-state index in [9.17, 15) is 14.7 Å². The fourth-order valence-electron chi connectivity index (χ4n) is 2.35. The summed E-state index contributed by atoms with van der Waals surface area (Å²) in [6.07, 6.45) is 0. The van der Waals surface area contributed by atoms with Crippen LogP contribution in [0.25, 0.3) is 0 Å². The van der Waals surface area contributed by atoms with Gasteiger partial charge in [0.1, 0.15) is 5.92 Å². The van der Waals surface area contributed by atoms with E-state index < -0.39 is 23.2 Å². The summed E-state index contributed by atoms with van der Waals surface area (Å²) in [6, 6.07) is 5.83. The molecule has 0 aliphatic heterocycles. The summed E-state index contributed by atoms with van der Waals surface area (Å²) < 4.78 is 0. The van der Waals surface area contributed by atoms with E-state index in [-0.39, 0.29) is 0 Å². The zero-order valence-electron chi connectivity index (χ0n) is 14.2. The molecule has 0 spiro atoms. The molecule has 0 saturated carbocycles. The van der Waals surface area contributed by atoms with Crippen molar-refractivity contribution in [1.82, 2.24) is 4.90 Å². The molecule has 0 unspecified atom stereocenters. The van der Waals surface area contributed by atoms with Crippen LogP contribution < -0.4 is 5.32 Å². The number of carboxylic acids is 1. The van der Waals surface area contributed by atoms with Gasteiger partial charge in [-0.2, -0.15) is 0 Å². The molecule has 0 aromatic heterocycles. The molecule has 0 saturated heterocycles. The van der Waals surface area contributed by atoms with Crippen LogP contribution in [0.15, 0.2) is 18.2 Å². The molecule has 1 aromatic rings. The lowest BCUT2D eigenvalue weighted by molar-refractivity contribution is -0.149. The predicted molar refractivity (Wildman–Crippen MR) is 87.8 cm³/mol. The van der Waals surface area contributed by atoms with Gasteiger partial charge in [0.15, 0.2) is 0 Å². The van der Waals surface area contributed by atoms with Gasteiger partial charge in [-0.15, -0.1) is 0 Å². The van der Waals surface area contributed by atoms with Crippen molar-refractivity contribution in [2.45, 2.75) is 34.2 Å². The Morgan fingerprint density at radius 1 is 1.27 bits per heavy atom. The maximum atomic E-state index is 12.4. The summed E-state index contributed by atoms with van der Waals surface area (Å²) in [6.45, 7) is 7.90. The summed E-state index contributed by atoms with van der Waals surface area (Å²) in [5, 5.41) is 12.1. The molecule has 122 valence electrons. The van der Waals surface area contributed by atoms with Crippen molar-refractivity contribution in [1.29, 1.82) is 0 Å². The van der Waals surface area contributed by atoms with Gasteiger partial charge in [0.25, 0.3) is 0 Å². The monoisotopic (exact) mass is 306 g/mol. The minimum Gasteiger partial charge on any atom is -0.481 e. The molecule has 1 aromatic carbocycles. The number of rotatable bonds is 5. The third-order valence-corrected chi connectivity index (χ3v) is 3.43. The molecular formula is C17H26N2O3. The van der Waals surface area contributed by atoms with Gasteiger partial charge >= 0.3 is 5.97 Å². The van der Waals surface area contributed by atoms with Gasteiger partial charge < -0.3 is 15.3 Å². The van der Waals surface area contributed by atoms with E-state index in [1.165, 1.54) is 0 Å². The Morgan fingerprint density at radius 3 is 2.32 bits per heavy atom. The standard InChI is InChI=1S/C17H26N2O3/c1-11-7-8-12(10-19(5)6)9-13(11)18-15(20)14(16(21)22)17(2,3)4/h7-9,14H,10H2,1-6H3,(H,18,20)(H,21,22)/t14-/m0/s1. The van der Waals surface area contributed by atoms with Gasteiger partial charge in [-0.1, -0.05) is 32.9 Å². The maximum absolute atomic E-state index is 12.4. The van der Waals surface area contributed by atoms with E-state index in [0.717, 1.165) is 17.7 Å². The minimum atomic E-state index is -1.10. The second-order valence-electron chi connectivity index (χ2n) is 7.01. The molecule has 22 heavy (non-hydrogen) atoms. The molecule has 1 amide bonds. The van der Waals surface area contributed by atoms with Crippen molar-refractivity contribution in [3.05, 3.63) is 29.3 Å². The number of amides is 1. The van der Waals surface area contributed by atoms with Crippen molar-refractivity contribution in [2.24, 2.45) is 11.3 Å². The van der Waals surface area contributed by atoms with Crippen molar-refractivity contribution < 1.29 is 14.7 Å². The SMILES string of the molecule is Cc1ccc(CN(C)C)cc1NC(=O)[C@@H](C(=O)O)C(C)(C)C. The fraction of sp³-hybridized carbons (Fsp3) is 0.529. The summed E-state index contributed by atoms with van der Waals surface area (Å²) >= 11 is 0. The van der Waals surface area contributed by atoms with Gasteiger partial charge in [0.2, 0.25) is 5.91 Å². The quantitative estimate of drug-likeness (QED) is 0.821. The first-order valence-corrected chi connectivity index (χ1v) is 7.30. The summed E-state index contributed by atoms with van der Waals surface area (Å²) in [5.41, 5.74) is 1.99. The zero-order valence-corrected chi connectivity index (χ0v) is 14.2. The number of carbonyl (C=O) groups excluding carboxylic acids is 1. The third kappa shape index (κ3) is 4.84. The Bertz CT molecular complexity index is 560. The lowest BCUT2D eigenvalue weighted by atomic mass is 9.80. The first kappa shape index (κ1) is 18.2. The Hall–Kier alpha value is -1.88. The molecule has 0 aliphatic rings. The average Bonchev–Trinajstić information content (AvgIpc) is 2.30. The smallest absolute Gasteiger partial charge is 0.316 e. The van der Waals surface area contributed by atoms with Crippen LogP contribution in [0, 0.1) is 18.3 Å². The second-order valence-corrected chi connectivity index (χ2v) is 7.01. The van der Waals surface area contributed by atoms with Crippen LogP contribution in [0.3, 0.4) is 0 Å². The van der Waals surface area contributed by atoms with Crippen LogP contribution in [0.5, 0.6) is 0 Å². The topological polar surface area (TPSA) is 69.6 Å². The lowest BCUT2D eigenvalue weighted by Crippen LogP contribution is -2.39. The van der Waals surface area contributed by atoms with Crippen LogP contribution in [-0.2, 0) is 16.1 Å². The number of aryl methyl sites for hydroxylation is 1. The first-order chi connectivity index (χ1) is 10.0. The third-order valence-electron chi connectivity index (χ3n) is 3.43. The lowest BCUT2D eigenvalue weighted by Gasteiger charge is -2.26. The number of aliphatic carboxylic acids is 1. The van der Waals surface area contributed by atoms with Crippen molar-refractivity contribution >= 4 is 17.6 Å². The number of hydrogen-bond donors (Lipinski definition) is 2.